The zero-order chi connectivity index (χ0) is 20.6. The number of aryl methyl sites for hydroxylation is 1. The second-order valence-corrected chi connectivity index (χ2v) is 7.50. The van der Waals surface area contributed by atoms with Gasteiger partial charge < -0.3 is 19.4 Å². The number of imidazole rings is 1. The van der Waals surface area contributed by atoms with Crippen LogP contribution in [-0.2, 0) is 11.8 Å². The molecule has 0 radical (unpaired) electrons. The van der Waals surface area contributed by atoms with Gasteiger partial charge in [0.05, 0.1) is 13.7 Å². The molecule has 0 unspecified atom stereocenters. The standard InChI is InChI=1S/C22H24BrN3O3/c1-26-13-12-24-22(26)21(16-5-3-6-19(15-16)28-2)25-20(27)7-4-14-29-18-10-8-17(23)9-11-18/h3,5-6,8-13,15,21H,4,7,14H2,1-2H3,(H,25,27)/t21-/m1/s1. The van der Waals surface area contributed by atoms with Crippen LogP contribution in [0.25, 0.3) is 0 Å². The van der Waals surface area contributed by atoms with Gasteiger partial charge in [-0.2, -0.15) is 0 Å². The second-order valence-electron chi connectivity index (χ2n) is 6.58. The Morgan fingerprint density at radius 1 is 1.21 bits per heavy atom. The Morgan fingerprint density at radius 3 is 2.69 bits per heavy atom. The number of methoxy groups -OCH3 is 1. The largest absolute Gasteiger partial charge is 0.497 e. The topological polar surface area (TPSA) is 65.4 Å². The van der Waals surface area contributed by atoms with E-state index in [4.69, 9.17) is 9.47 Å². The zero-order valence-corrected chi connectivity index (χ0v) is 18.1. The third-order valence-corrected chi connectivity index (χ3v) is 5.01. The number of halogens is 1. The molecule has 29 heavy (non-hydrogen) atoms. The third kappa shape index (κ3) is 5.84. The minimum Gasteiger partial charge on any atom is -0.497 e. The number of hydrogen-bond acceptors (Lipinski definition) is 4. The number of nitrogens with zero attached hydrogens (tertiary/aromatic N) is 2. The zero-order valence-electron chi connectivity index (χ0n) is 16.5. The van der Waals surface area contributed by atoms with Gasteiger partial charge in [0.25, 0.3) is 0 Å². The molecule has 1 aromatic heterocycles. The number of hydrogen-bond donors (Lipinski definition) is 1. The first kappa shape index (κ1) is 20.9. The van der Waals surface area contributed by atoms with E-state index in [1.54, 1.807) is 13.3 Å². The summed E-state index contributed by atoms with van der Waals surface area (Å²) >= 11 is 3.40. The van der Waals surface area contributed by atoms with Gasteiger partial charge in [0.2, 0.25) is 5.91 Å². The maximum atomic E-state index is 12.6. The fraction of sp³-hybridized carbons (Fsp3) is 0.273. The molecule has 0 fully saturated rings. The van der Waals surface area contributed by atoms with Crippen molar-refractivity contribution in [3.05, 3.63) is 76.8 Å². The summed E-state index contributed by atoms with van der Waals surface area (Å²) < 4.78 is 13.9. The van der Waals surface area contributed by atoms with E-state index in [2.05, 4.69) is 26.2 Å². The third-order valence-electron chi connectivity index (χ3n) is 4.48. The summed E-state index contributed by atoms with van der Waals surface area (Å²) in [5.74, 6) is 2.23. The van der Waals surface area contributed by atoms with Crippen LogP contribution < -0.4 is 14.8 Å². The number of carbonyl (C=O) groups is 1. The van der Waals surface area contributed by atoms with Crippen LogP contribution in [0.4, 0.5) is 0 Å². The van der Waals surface area contributed by atoms with Crippen LogP contribution in [0.1, 0.15) is 30.3 Å². The normalized spacial score (nSPS) is 11.7. The van der Waals surface area contributed by atoms with E-state index in [-0.39, 0.29) is 11.9 Å². The number of amides is 1. The van der Waals surface area contributed by atoms with Crippen molar-refractivity contribution in [1.29, 1.82) is 0 Å². The summed E-state index contributed by atoms with van der Waals surface area (Å²) in [5.41, 5.74) is 0.915. The van der Waals surface area contributed by atoms with Crippen LogP contribution in [-0.4, -0.2) is 29.2 Å². The average molecular weight is 458 g/mol. The minimum atomic E-state index is -0.356. The first-order chi connectivity index (χ1) is 14.1. The van der Waals surface area contributed by atoms with Crippen LogP contribution in [0.5, 0.6) is 11.5 Å². The molecule has 6 nitrogen and oxygen atoms in total. The van der Waals surface area contributed by atoms with E-state index < -0.39 is 0 Å². The van der Waals surface area contributed by atoms with Crippen molar-refractivity contribution >= 4 is 21.8 Å². The molecule has 2 aromatic carbocycles. The van der Waals surface area contributed by atoms with Gasteiger partial charge in [0, 0.05) is 30.3 Å². The summed E-state index contributed by atoms with van der Waals surface area (Å²) in [6.45, 7) is 0.473. The number of benzene rings is 2. The summed E-state index contributed by atoms with van der Waals surface area (Å²) in [4.78, 5) is 17.0. The number of aromatic nitrogens is 2. The number of nitrogens with one attached hydrogen (secondary N) is 1. The predicted molar refractivity (Wildman–Crippen MR) is 115 cm³/mol. The van der Waals surface area contributed by atoms with Crippen molar-refractivity contribution in [1.82, 2.24) is 14.9 Å². The van der Waals surface area contributed by atoms with Crippen LogP contribution >= 0.6 is 15.9 Å². The first-order valence-electron chi connectivity index (χ1n) is 9.35. The fourth-order valence-electron chi connectivity index (χ4n) is 2.96. The van der Waals surface area contributed by atoms with Crippen molar-refractivity contribution in [2.75, 3.05) is 13.7 Å². The highest BCUT2D eigenvalue weighted by molar-refractivity contribution is 9.10. The van der Waals surface area contributed by atoms with E-state index >= 15 is 0 Å². The van der Waals surface area contributed by atoms with Gasteiger partial charge in [0.1, 0.15) is 23.4 Å². The molecular weight excluding hydrogens is 434 g/mol. The molecule has 1 heterocycles. The molecule has 3 rings (SSSR count). The molecule has 0 bridgehead atoms. The molecule has 0 saturated carbocycles. The van der Waals surface area contributed by atoms with Crippen LogP contribution in [0.15, 0.2) is 65.4 Å². The van der Waals surface area contributed by atoms with Gasteiger partial charge in [-0.05, 0) is 48.4 Å². The Kier molecular flexibility index (Phi) is 7.30. The highest BCUT2D eigenvalue weighted by atomic mass is 79.9. The Labute approximate surface area is 179 Å². The van der Waals surface area contributed by atoms with Gasteiger partial charge in [-0.15, -0.1) is 0 Å². The molecule has 1 amide bonds. The molecular formula is C22H24BrN3O3. The van der Waals surface area contributed by atoms with E-state index in [0.29, 0.717) is 19.4 Å². The fourth-order valence-corrected chi connectivity index (χ4v) is 3.22. The Bertz CT molecular complexity index is 940. The Morgan fingerprint density at radius 2 is 2.00 bits per heavy atom. The van der Waals surface area contributed by atoms with E-state index in [0.717, 1.165) is 27.4 Å². The van der Waals surface area contributed by atoms with E-state index in [1.807, 2.05) is 66.3 Å². The molecule has 1 N–H and O–H groups in total. The lowest BCUT2D eigenvalue weighted by atomic mass is 10.1. The summed E-state index contributed by atoms with van der Waals surface area (Å²) in [7, 11) is 3.53. The summed E-state index contributed by atoms with van der Waals surface area (Å²) in [6.07, 6.45) is 4.57. The maximum Gasteiger partial charge on any atom is 0.220 e. The van der Waals surface area contributed by atoms with Gasteiger partial charge in [-0.3, -0.25) is 4.79 Å². The summed E-state index contributed by atoms with van der Waals surface area (Å²) in [5, 5.41) is 3.09. The van der Waals surface area contributed by atoms with Crippen LogP contribution in [0.2, 0.25) is 0 Å². The SMILES string of the molecule is COc1cccc([C@@H](NC(=O)CCCOc2ccc(Br)cc2)c2nccn2C)c1. The number of carbonyl (C=O) groups excluding carboxylic acids is 1. The minimum absolute atomic E-state index is 0.0553. The Balaban J connectivity index is 1.60. The molecule has 1 atom stereocenters. The van der Waals surface area contributed by atoms with E-state index in [1.165, 1.54) is 0 Å². The molecule has 0 aliphatic rings. The van der Waals surface area contributed by atoms with Gasteiger partial charge in [-0.1, -0.05) is 28.1 Å². The first-order valence-corrected chi connectivity index (χ1v) is 10.1. The molecule has 0 aliphatic carbocycles. The highest BCUT2D eigenvalue weighted by Gasteiger charge is 2.21. The van der Waals surface area contributed by atoms with Gasteiger partial charge in [0.15, 0.2) is 0 Å². The molecule has 152 valence electrons. The lowest BCUT2D eigenvalue weighted by Gasteiger charge is -2.20. The van der Waals surface area contributed by atoms with Gasteiger partial charge in [-0.25, -0.2) is 4.98 Å². The molecule has 0 saturated heterocycles. The van der Waals surface area contributed by atoms with Crippen LogP contribution in [0, 0.1) is 0 Å². The highest BCUT2D eigenvalue weighted by Crippen LogP contribution is 2.24. The second kappa shape index (κ2) is 10.1. The lowest BCUT2D eigenvalue weighted by molar-refractivity contribution is -0.121. The van der Waals surface area contributed by atoms with E-state index in [9.17, 15) is 4.79 Å². The monoisotopic (exact) mass is 457 g/mol. The maximum absolute atomic E-state index is 12.6. The number of ether oxygens (including phenoxy) is 2. The van der Waals surface area contributed by atoms with Crippen molar-refractivity contribution in [2.24, 2.45) is 7.05 Å². The average Bonchev–Trinajstić information content (AvgIpc) is 3.16. The Hall–Kier alpha value is -2.80. The van der Waals surface area contributed by atoms with Gasteiger partial charge >= 0.3 is 0 Å². The molecule has 3 aromatic rings. The quantitative estimate of drug-likeness (QED) is 0.487. The van der Waals surface area contributed by atoms with Crippen molar-refractivity contribution in [2.45, 2.75) is 18.9 Å². The smallest absolute Gasteiger partial charge is 0.220 e. The van der Waals surface area contributed by atoms with Crippen molar-refractivity contribution in [3.8, 4) is 11.5 Å². The predicted octanol–water partition coefficient (Wildman–Crippen LogP) is 4.26. The molecule has 7 heteroatoms. The number of rotatable bonds is 9. The molecule has 0 spiro atoms. The summed E-state index contributed by atoms with van der Waals surface area (Å²) in [6, 6.07) is 14.9. The van der Waals surface area contributed by atoms with Crippen LogP contribution in [0.3, 0.4) is 0 Å². The van der Waals surface area contributed by atoms with Crippen molar-refractivity contribution < 1.29 is 14.3 Å². The van der Waals surface area contributed by atoms with Crippen molar-refractivity contribution in [3.63, 3.8) is 0 Å². The molecule has 0 aliphatic heterocycles. The lowest BCUT2D eigenvalue weighted by Crippen LogP contribution is -2.31.